The maximum Gasteiger partial charge on any atom is 0.286 e. The van der Waals surface area contributed by atoms with Crippen LogP contribution in [0.25, 0.3) is 0 Å². The Balaban J connectivity index is 3.38. The van der Waals surface area contributed by atoms with Crippen LogP contribution in [0.1, 0.15) is 5.56 Å². The van der Waals surface area contributed by atoms with E-state index in [0.717, 1.165) is 0 Å². The third-order valence-corrected chi connectivity index (χ3v) is 4.29. The van der Waals surface area contributed by atoms with E-state index in [-0.39, 0.29) is 21.3 Å². The molecule has 0 aromatic heterocycles. The number of benzene rings is 1. The van der Waals surface area contributed by atoms with E-state index in [4.69, 9.17) is 5.26 Å². The standard InChI is InChI=1S/C11H18N8O2S2/c1-13-16-8-5-9(22)10(4-7(8)6-12)23(20,21)19-11(17-14-2)18-15-3/h4-5,13-16,22H,1-3H3,(H2,17,18,19). The van der Waals surface area contributed by atoms with Gasteiger partial charge in [-0.3, -0.25) is 10.9 Å². The Labute approximate surface area is 140 Å². The largest absolute Gasteiger partial charge is 0.320 e. The summed E-state index contributed by atoms with van der Waals surface area (Å²) in [7, 11) is 0.629. The van der Waals surface area contributed by atoms with Crippen molar-refractivity contribution in [2.75, 3.05) is 26.6 Å². The SMILES string of the molecule is CNNC(=NS(=O)(=O)c1cc(C#N)c(NNC)cc1S)NNC. The normalized spacial score (nSPS) is 10.6. The van der Waals surface area contributed by atoms with E-state index in [1.54, 1.807) is 21.1 Å². The molecule has 0 atom stereocenters. The molecular formula is C11H18N8O2S2. The first-order valence-corrected chi connectivity index (χ1v) is 8.18. The lowest BCUT2D eigenvalue weighted by atomic mass is 10.2. The lowest BCUT2D eigenvalue weighted by molar-refractivity contribution is 0.594. The summed E-state index contributed by atoms with van der Waals surface area (Å²) in [5.74, 6) is -0.0707. The molecule has 126 valence electrons. The lowest BCUT2D eigenvalue weighted by Gasteiger charge is -2.12. The van der Waals surface area contributed by atoms with Crippen LogP contribution in [0.15, 0.2) is 26.3 Å². The van der Waals surface area contributed by atoms with Gasteiger partial charge >= 0.3 is 0 Å². The summed E-state index contributed by atoms with van der Waals surface area (Å²) in [5, 5.41) is 9.16. The molecule has 6 N–H and O–H groups in total. The molecule has 23 heavy (non-hydrogen) atoms. The molecule has 0 bridgehead atoms. The van der Waals surface area contributed by atoms with Gasteiger partial charge in [0, 0.05) is 26.0 Å². The molecule has 0 aliphatic carbocycles. The van der Waals surface area contributed by atoms with Crippen LogP contribution in [0, 0.1) is 11.3 Å². The number of rotatable bonds is 6. The van der Waals surface area contributed by atoms with Gasteiger partial charge in [0.15, 0.2) is 0 Å². The molecule has 0 fully saturated rings. The van der Waals surface area contributed by atoms with E-state index in [1.807, 2.05) is 6.07 Å². The zero-order chi connectivity index (χ0) is 17.5. The van der Waals surface area contributed by atoms with Crippen molar-refractivity contribution < 1.29 is 8.42 Å². The summed E-state index contributed by atoms with van der Waals surface area (Å²) < 4.78 is 28.5. The fraction of sp³-hybridized carbons (Fsp3) is 0.273. The second-order valence-electron chi connectivity index (χ2n) is 4.02. The van der Waals surface area contributed by atoms with Gasteiger partial charge in [-0.2, -0.15) is 13.7 Å². The zero-order valence-electron chi connectivity index (χ0n) is 12.7. The van der Waals surface area contributed by atoms with Crippen LogP contribution >= 0.6 is 12.6 Å². The highest BCUT2D eigenvalue weighted by molar-refractivity contribution is 7.91. The van der Waals surface area contributed by atoms with E-state index in [9.17, 15) is 8.42 Å². The number of anilines is 1. The van der Waals surface area contributed by atoms with E-state index in [0.29, 0.717) is 5.69 Å². The Kier molecular flexibility index (Phi) is 7.07. The Morgan fingerprint density at radius 1 is 1.17 bits per heavy atom. The Morgan fingerprint density at radius 2 is 1.78 bits per heavy atom. The minimum Gasteiger partial charge on any atom is -0.320 e. The van der Waals surface area contributed by atoms with E-state index in [2.05, 4.69) is 49.6 Å². The van der Waals surface area contributed by atoms with Crippen molar-refractivity contribution in [3.05, 3.63) is 17.7 Å². The predicted octanol–water partition coefficient (Wildman–Crippen LogP) is -1.11. The van der Waals surface area contributed by atoms with Gasteiger partial charge < -0.3 is 5.43 Å². The third-order valence-electron chi connectivity index (χ3n) is 2.46. The number of nitrogens with one attached hydrogen (secondary N) is 6. The number of nitriles is 1. The molecule has 0 aliphatic heterocycles. The van der Waals surface area contributed by atoms with E-state index < -0.39 is 10.0 Å². The zero-order valence-corrected chi connectivity index (χ0v) is 14.4. The van der Waals surface area contributed by atoms with Gasteiger partial charge in [0.1, 0.15) is 11.0 Å². The number of thiol groups is 1. The molecule has 0 amide bonds. The molecule has 1 aromatic carbocycles. The molecule has 0 spiro atoms. The molecule has 1 rings (SSSR count). The van der Waals surface area contributed by atoms with Crippen molar-refractivity contribution in [1.82, 2.24) is 27.1 Å². The molecule has 1 aromatic rings. The molecule has 10 nitrogen and oxygen atoms in total. The smallest absolute Gasteiger partial charge is 0.286 e. The van der Waals surface area contributed by atoms with Gasteiger partial charge in [0.25, 0.3) is 10.0 Å². The topological polar surface area (TPSA) is 142 Å². The van der Waals surface area contributed by atoms with Crippen LogP contribution in [0.4, 0.5) is 5.69 Å². The average Bonchev–Trinajstić information content (AvgIpc) is 2.47. The first kappa shape index (κ1) is 19.0. The molecule has 0 radical (unpaired) electrons. The second kappa shape index (κ2) is 8.56. The van der Waals surface area contributed by atoms with Crippen LogP contribution in [-0.4, -0.2) is 35.5 Å². The molecular weight excluding hydrogens is 340 g/mol. The molecule has 0 unspecified atom stereocenters. The average molecular weight is 358 g/mol. The molecule has 0 heterocycles. The maximum absolute atomic E-state index is 12.4. The van der Waals surface area contributed by atoms with Crippen molar-refractivity contribution in [3.8, 4) is 6.07 Å². The molecule has 0 saturated carbocycles. The van der Waals surface area contributed by atoms with Crippen LogP contribution in [0.2, 0.25) is 0 Å². The van der Waals surface area contributed by atoms with Gasteiger partial charge in [0.05, 0.1) is 11.3 Å². The first-order valence-electron chi connectivity index (χ1n) is 6.30. The molecule has 12 heteroatoms. The quantitative estimate of drug-likeness (QED) is 0.146. The highest BCUT2D eigenvalue weighted by Crippen LogP contribution is 2.28. The number of sulfonamides is 1. The minimum absolute atomic E-state index is 0.0707. The van der Waals surface area contributed by atoms with Gasteiger partial charge in [-0.15, -0.1) is 17.0 Å². The van der Waals surface area contributed by atoms with Crippen molar-refractivity contribution in [2.45, 2.75) is 9.79 Å². The van der Waals surface area contributed by atoms with Crippen LogP contribution in [0.3, 0.4) is 0 Å². The predicted molar refractivity (Wildman–Crippen MR) is 90.1 cm³/mol. The van der Waals surface area contributed by atoms with Crippen LogP contribution in [-0.2, 0) is 10.0 Å². The summed E-state index contributed by atoms with van der Waals surface area (Å²) in [6.45, 7) is 0. The number of guanidine groups is 1. The van der Waals surface area contributed by atoms with Gasteiger partial charge in [-0.1, -0.05) is 0 Å². The Hall–Kier alpha value is -2.04. The van der Waals surface area contributed by atoms with Crippen LogP contribution < -0.4 is 32.6 Å². The molecule has 0 saturated heterocycles. The summed E-state index contributed by atoms with van der Waals surface area (Å²) in [5.41, 5.74) is 16.1. The van der Waals surface area contributed by atoms with E-state index in [1.165, 1.54) is 12.1 Å². The lowest BCUT2D eigenvalue weighted by Crippen LogP contribution is -2.48. The van der Waals surface area contributed by atoms with Crippen molar-refractivity contribution in [1.29, 1.82) is 5.26 Å². The summed E-state index contributed by atoms with van der Waals surface area (Å²) in [4.78, 5) is -0.0360. The van der Waals surface area contributed by atoms with Gasteiger partial charge in [-0.25, -0.2) is 16.3 Å². The minimum atomic E-state index is -4.09. The highest BCUT2D eigenvalue weighted by Gasteiger charge is 2.20. The van der Waals surface area contributed by atoms with Gasteiger partial charge in [0.2, 0.25) is 5.96 Å². The summed E-state index contributed by atoms with van der Waals surface area (Å²) in [6.07, 6.45) is 0. The summed E-state index contributed by atoms with van der Waals surface area (Å²) >= 11 is 4.17. The first-order chi connectivity index (χ1) is 10.9. The molecule has 0 aliphatic rings. The second-order valence-corrected chi connectivity index (χ2v) is 6.07. The summed E-state index contributed by atoms with van der Waals surface area (Å²) in [6, 6.07) is 4.55. The fourth-order valence-electron chi connectivity index (χ4n) is 1.59. The number of hydrazine groups is 3. The van der Waals surface area contributed by atoms with Crippen LogP contribution in [0.5, 0.6) is 0 Å². The van der Waals surface area contributed by atoms with E-state index >= 15 is 0 Å². The van der Waals surface area contributed by atoms with Crippen molar-refractivity contribution in [3.63, 3.8) is 0 Å². The number of nitrogens with zero attached hydrogens (tertiary/aromatic N) is 2. The maximum atomic E-state index is 12.4. The van der Waals surface area contributed by atoms with Crippen molar-refractivity contribution in [2.24, 2.45) is 4.40 Å². The van der Waals surface area contributed by atoms with Crippen molar-refractivity contribution >= 4 is 34.3 Å². The Bertz CT molecular complexity index is 718. The third kappa shape index (κ3) is 4.98. The highest BCUT2D eigenvalue weighted by atomic mass is 32.2. The fourth-order valence-corrected chi connectivity index (χ4v) is 3.15. The number of hydrogen-bond acceptors (Lipinski definition) is 8. The monoisotopic (exact) mass is 358 g/mol. The van der Waals surface area contributed by atoms with Gasteiger partial charge in [-0.05, 0) is 12.1 Å². The number of hydrogen-bond donors (Lipinski definition) is 7. The Morgan fingerprint density at radius 3 is 2.26 bits per heavy atom.